The van der Waals surface area contributed by atoms with Crippen molar-refractivity contribution in [1.82, 2.24) is 15.3 Å². The highest BCUT2D eigenvalue weighted by molar-refractivity contribution is 6.04. The topological polar surface area (TPSA) is 93.7 Å². The van der Waals surface area contributed by atoms with Gasteiger partial charge in [0.15, 0.2) is 0 Å². The molecule has 1 heterocycles. The number of hydroxylamine groups is 1. The lowest BCUT2D eigenvalue weighted by molar-refractivity contribution is -0.163. The number of imide groups is 1. The number of carbonyl (C=O) groups excluding carboxylic acids is 2. The number of hydrogen-bond acceptors (Lipinski definition) is 6. The second-order valence-corrected chi connectivity index (χ2v) is 7.08. The molecule has 8 nitrogen and oxygen atoms in total. The van der Waals surface area contributed by atoms with Gasteiger partial charge < -0.3 is 4.74 Å². The van der Waals surface area contributed by atoms with E-state index in [1.54, 1.807) is 36.7 Å². The SMILES string of the molecule is CON(C(=O)NC(=O)C12CC(C1)C2)c1ccc(C)c(Oc2ncccn2)c1. The van der Waals surface area contributed by atoms with Crippen LogP contribution in [0, 0.1) is 18.3 Å². The summed E-state index contributed by atoms with van der Waals surface area (Å²) in [6, 6.07) is 6.40. The lowest BCUT2D eigenvalue weighted by Gasteiger charge is -2.59. The van der Waals surface area contributed by atoms with Crippen LogP contribution in [0.4, 0.5) is 10.5 Å². The smallest absolute Gasteiger partial charge is 0.352 e. The minimum Gasteiger partial charge on any atom is -0.424 e. The van der Waals surface area contributed by atoms with Crippen molar-refractivity contribution in [3.8, 4) is 11.8 Å². The molecule has 2 bridgehead atoms. The second-order valence-electron chi connectivity index (χ2n) is 7.08. The van der Waals surface area contributed by atoms with Gasteiger partial charge in [0, 0.05) is 18.5 Å². The molecule has 1 aromatic heterocycles. The highest BCUT2D eigenvalue weighted by Gasteiger charge is 2.61. The van der Waals surface area contributed by atoms with Crippen LogP contribution >= 0.6 is 0 Å². The van der Waals surface area contributed by atoms with Crippen LogP contribution in [0.3, 0.4) is 0 Å². The van der Waals surface area contributed by atoms with E-state index in [1.165, 1.54) is 7.11 Å². The fourth-order valence-corrected chi connectivity index (χ4v) is 3.60. The zero-order valence-electron chi connectivity index (χ0n) is 15.1. The average molecular weight is 368 g/mol. The van der Waals surface area contributed by atoms with Crippen molar-refractivity contribution < 1.29 is 19.2 Å². The molecule has 0 radical (unpaired) electrons. The second kappa shape index (κ2) is 6.62. The number of aryl methyl sites for hydroxylation is 1. The molecule has 0 aliphatic heterocycles. The van der Waals surface area contributed by atoms with Crippen LogP contribution in [-0.4, -0.2) is 29.0 Å². The zero-order chi connectivity index (χ0) is 19.0. The number of aromatic nitrogens is 2. The van der Waals surface area contributed by atoms with E-state index < -0.39 is 6.03 Å². The average Bonchev–Trinajstić information content (AvgIpc) is 2.56. The number of amides is 3. The summed E-state index contributed by atoms with van der Waals surface area (Å²) in [5, 5.41) is 3.48. The number of benzene rings is 1. The Morgan fingerprint density at radius 3 is 2.52 bits per heavy atom. The van der Waals surface area contributed by atoms with Crippen molar-refractivity contribution in [2.45, 2.75) is 26.2 Å². The van der Waals surface area contributed by atoms with E-state index in [0.29, 0.717) is 17.4 Å². The molecule has 3 saturated carbocycles. The summed E-state index contributed by atoms with van der Waals surface area (Å²) >= 11 is 0. The van der Waals surface area contributed by atoms with Gasteiger partial charge in [0.2, 0.25) is 5.91 Å². The van der Waals surface area contributed by atoms with Crippen LogP contribution in [0.2, 0.25) is 0 Å². The van der Waals surface area contributed by atoms with E-state index >= 15 is 0 Å². The van der Waals surface area contributed by atoms with E-state index in [-0.39, 0.29) is 17.3 Å². The van der Waals surface area contributed by atoms with Crippen LogP contribution < -0.4 is 15.1 Å². The molecule has 27 heavy (non-hydrogen) atoms. The monoisotopic (exact) mass is 368 g/mol. The van der Waals surface area contributed by atoms with Gasteiger partial charge in [0.1, 0.15) is 5.75 Å². The van der Waals surface area contributed by atoms with Crippen LogP contribution in [0.15, 0.2) is 36.7 Å². The van der Waals surface area contributed by atoms with Crippen LogP contribution in [0.25, 0.3) is 0 Å². The molecular formula is C19H20N4O4. The van der Waals surface area contributed by atoms with Gasteiger partial charge in [0.25, 0.3) is 0 Å². The minimum absolute atomic E-state index is 0.199. The Morgan fingerprint density at radius 2 is 1.93 bits per heavy atom. The van der Waals surface area contributed by atoms with E-state index in [9.17, 15) is 9.59 Å². The van der Waals surface area contributed by atoms with Gasteiger partial charge in [-0.25, -0.2) is 14.8 Å². The first kappa shape index (κ1) is 17.4. The minimum atomic E-state index is -0.627. The highest BCUT2D eigenvalue weighted by Crippen LogP contribution is 2.64. The normalized spacial score (nSPS) is 22.2. The van der Waals surface area contributed by atoms with Gasteiger partial charge in [-0.1, -0.05) is 6.07 Å². The molecule has 2 aromatic rings. The summed E-state index contributed by atoms with van der Waals surface area (Å²) in [6.07, 6.45) is 5.77. The Morgan fingerprint density at radius 1 is 1.22 bits per heavy atom. The zero-order valence-corrected chi connectivity index (χ0v) is 15.1. The Labute approximate surface area is 156 Å². The number of ether oxygens (including phenoxy) is 1. The number of carbonyl (C=O) groups is 2. The molecular weight excluding hydrogens is 348 g/mol. The Balaban J connectivity index is 1.50. The van der Waals surface area contributed by atoms with Crippen molar-refractivity contribution in [2.24, 2.45) is 11.3 Å². The Hall–Kier alpha value is -3.00. The predicted octanol–water partition coefficient (Wildman–Crippen LogP) is 2.98. The van der Waals surface area contributed by atoms with Gasteiger partial charge >= 0.3 is 12.0 Å². The van der Waals surface area contributed by atoms with Crippen molar-refractivity contribution in [3.63, 3.8) is 0 Å². The molecule has 140 valence electrons. The van der Waals surface area contributed by atoms with Crippen LogP contribution in [0.1, 0.15) is 24.8 Å². The van der Waals surface area contributed by atoms with Gasteiger partial charge in [0.05, 0.1) is 18.2 Å². The number of hydrogen-bond donors (Lipinski definition) is 1. The summed E-state index contributed by atoms with van der Waals surface area (Å²) < 4.78 is 5.69. The quantitative estimate of drug-likeness (QED) is 0.816. The van der Waals surface area contributed by atoms with Gasteiger partial charge in [-0.15, -0.1) is 0 Å². The fourth-order valence-electron chi connectivity index (χ4n) is 3.60. The third kappa shape index (κ3) is 3.12. The molecule has 8 heteroatoms. The summed E-state index contributed by atoms with van der Waals surface area (Å²) in [7, 11) is 1.37. The van der Waals surface area contributed by atoms with Gasteiger partial charge in [-0.3, -0.25) is 14.9 Å². The molecule has 1 N–H and O–H groups in total. The number of anilines is 1. The standard InChI is InChI=1S/C19H20N4O4/c1-12-4-5-14(8-15(12)27-17-20-6-3-7-21-17)23(26-2)18(25)22-16(24)19-9-13(10-19)11-19/h3-8,13H,9-11H2,1-2H3,(H,22,24,25). The molecule has 0 spiro atoms. The molecule has 1 aromatic carbocycles. The first-order valence-corrected chi connectivity index (χ1v) is 8.76. The lowest BCUT2D eigenvalue weighted by atomic mass is 9.44. The molecule has 0 atom stereocenters. The van der Waals surface area contributed by atoms with Gasteiger partial charge in [-0.2, -0.15) is 5.06 Å². The molecule has 0 saturated heterocycles. The van der Waals surface area contributed by atoms with E-state index in [1.807, 2.05) is 6.92 Å². The maximum absolute atomic E-state index is 12.5. The van der Waals surface area contributed by atoms with Crippen LogP contribution in [0.5, 0.6) is 11.8 Å². The summed E-state index contributed by atoms with van der Waals surface area (Å²) in [4.78, 5) is 38.2. The number of nitrogens with one attached hydrogen (secondary N) is 1. The molecule has 0 unspecified atom stereocenters. The van der Waals surface area contributed by atoms with Crippen molar-refractivity contribution >= 4 is 17.6 Å². The van der Waals surface area contributed by atoms with E-state index in [0.717, 1.165) is 29.9 Å². The van der Waals surface area contributed by atoms with E-state index in [2.05, 4.69) is 15.3 Å². The summed E-state index contributed by atoms with van der Waals surface area (Å²) in [5.41, 5.74) is 0.927. The van der Waals surface area contributed by atoms with E-state index in [4.69, 9.17) is 9.57 Å². The highest BCUT2D eigenvalue weighted by atomic mass is 16.7. The number of nitrogens with zero attached hydrogens (tertiary/aromatic N) is 3. The van der Waals surface area contributed by atoms with Crippen molar-refractivity contribution in [2.75, 3.05) is 12.2 Å². The molecule has 3 amide bonds. The number of rotatable bonds is 5. The maximum Gasteiger partial charge on any atom is 0.352 e. The predicted molar refractivity (Wildman–Crippen MR) is 96.1 cm³/mol. The van der Waals surface area contributed by atoms with Crippen LogP contribution in [-0.2, 0) is 9.63 Å². The Bertz CT molecular complexity index is 870. The largest absolute Gasteiger partial charge is 0.424 e. The lowest BCUT2D eigenvalue weighted by Crippen LogP contribution is -2.62. The van der Waals surface area contributed by atoms with Crippen molar-refractivity contribution in [3.05, 3.63) is 42.2 Å². The maximum atomic E-state index is 12.5. The molecule has 5 rings (SSSR count). The molecule has 3 fully saturated rings. The molecule has 3 aliphatic rings. The summed E-state index contributed by atoms with van der Waals surface area (Å²) in [5.74, 6) is 0.916. The fraction of sp³-hybridized carbons (Fsp3) is 0.368. The Kier molecular flexibility index (Phi) is 4.27. The number of urea groups is 1. The first-order valence-electron chi connectivity index (χ1n) is 8.76. The third-order valence-electron chi connectivity index (χ3n) is 5.26. The van der Waals surface area contributed by atoms with Gasteiger partial charge in [-0.05, 0) is 49.8 Å². The first-order chi connectivity index (χ1) is 13.0. The third-order valence-corrected chi connectivity index (χ3v) is 5.26. The van der Waals surface area contributed by atoms with Crippen molar-refractivity contribution in [1.29, 1.82) is 0 Å². The molecule has 3 aliphatic carbocycles. The summed E-state index contributed by atoms with van der Waals surface area (Å²) in [6.45, 7) is 1.87.